The average molecular weight is 298 g/mol. The molecule has 2 nitrogen and oxygen atoms in total. The molecule has 0 fully saturated rings. The molecule has 2 rings (SSSR count). The van der Waals surface area contributed by atoms with Crippen molar-refractivity contribution in [3.05, 3.63) is 39.8 Å². The van der Waals surface area contributed by atoms with E-state index in [1.54, 1.807) is 0 Å². The van der Waals surface area contributed by atoms with Crippen molar-refractivity contribution in [3.63, 3.8) is 0 Å². The topological polar surface area (TPSA) is 22.1 Å². The van der Waals surface area contributed by atoms with E-state index in [1.165, 1.54) is 23.3 Å². The number of nitrogens with zero attached hydrogens (tertiary/aromatic N) is 1. The van der Waals surface area contributed by atoms with Crippen LogP contribution >= 0.6 is 27.3 Å². The fourth-order valence-electron chi connectivity index (χ4n) is 1.40. The molecule has 0 aliphatic carbocycles. The molecule has 0 amide bonds. The minimum absolute atomic E-state index is 0.662. The van der Waals surface area contributed by atoms with Crippen LogP contribution in [-0.2, 0) is 6.42 Å². The molecule has 0 aliphatic rings. The molecule has 84 valence electrons. The first-order valence-corrected chi connectivity index (χ1v) is 6.83. The second-order valence-electron chi connectivity index (χ2n) is 3.43. The lowest BCUT2D eigenvalue weighted by Crippen LogP contribution is -1.85. The summed E-state index contributed by atoms with van der Waals surface area (Å²) in [5.41, 5.74) is 1.34. The molecule has 0 saturated heterocycles. The van der Waals surface area contributed by atoms with Gasteiger partial charge in [-0.3, -0.25) is 0 Å². The van der Waals surface area contributed by atoms with Crippen molar-refractivity contribution in [3.8, 4) is 10.9 Å². The van der Waals surface area contributed by atoms with Crippen LogP contribution in [0.15, 0.2) is 34.2 Å². The van der Waals surface area contributed by atoms with Gasteiger partial charge in [-0.15, -0.1) is 0 Å². The Hall–Kier alpha value is -0.870. The van der Waals surface area contributed by atoms with Crippen LogP contribution in [-0.4, -0.2) is 4.98 Å². The number of hydrogen-bond donors (Lipinski definition) is 0. The molecular weight excluding hydrogens is 286 g/mol. The Morgan fingerprint density at radius 2 is 2.06 bits per heavy atom. The maximum Gasteiger partial charge on any atom is 0.279 e. The summed E-state index contributed by atoms with van der Waals surface area (Å²) >= 11 is 4.78. The number of benzene rings is 1. The fourth-order valence-corrected chi connectivity index (χ4v) is 2.50. The summed E-state index contributed by atoms with van der Waals surface area (Å²) in [6.07, 6.45) is 2.28. The number of aryl methyl sites for hydroxylation is 1. The lowest BCUT2D eigenvalue weighted by molar-refractivity contribution is 0.478. The van der Waals surface area contributed by atoms with E-state index in [9.17, 15) is 0 Å². The summed E-state index contributed by atoms with van der Waals surface area (Å²) in [5.74, 6) is 0.835. The first kappa shape index (κ1) is 11.6. The second kappa shape index (κ2) is 5.46. The first-order chi connectivity index (χ1) is 7.78. The van der Waals surface area contributed by atoms with Gasteiger partial charge in [-0.25, -0.2) is 0 Å². The normalized spacial score (nSPS) is 10.4. The van der Waals surface area contributed by atoms with Crippen LogP contribution in [0.5, 0.6) is 10.9 Å². The number of thiazole rings is 1. The molecule has 0 bridgehead atoms. The van der Waals surface area contributed by atoms with Crippen LogP contribution in [0.1, 0.15) is 18.9 Å². The van der Waals surface area contributed by atoms with Gasteiger partial charge >= 0.3 is 0 Å². The van der Waals surface area contributed by atoms with Crippen LogP contribution in [0.2, 0.25) is 0 Å². The van der Waals surface area contributed by atoms with Crippen molar-refractivity contribution >= 4 is 27.3 Å². The molecule has 1 aromatic heterocycles. The summed E-state index contributed by atoms with van der Waals surface area (Å²) in [4.78, 5) is 4.18. The molecule has 0 N–H and O–H groups in total. The van der Waals surface area contributed by atoms with E-state index in [0.29, 0.717) is 5.19 Å². The number of ether oxygens (including phenoxy) is 1. The molecule has 4 heteroatoms. The van der Waals surface area contributed by atoms with Crippen molar-refractivity contribution in [2.75, 3.05) is 0 Å². The van der Waals surface area contributed by atoms with Crippen LogP contribution in [0.3, 0.4) is 0 Å². The minimum atomic E-state index is 0.662. The summed E-state index contributed by atoms with van der Waals surface area (Å²) in [7, 11) is 0. The van der Waals surface area contributed by atoms with Crippen molar-refractivity contribution in [2.45, 2.75) is 19.8 Å². The Kier molecular flexibility index (Phi) is 3.96. The Bertz CT molecular complexity index is 452. The van der Waals surface area contributed by atoms with E-state index in [1.807, 2.05) is 17.5 Å². The van der Waals surface area contributed by atoms with Gasteiger partial charge in [0.2, 0.25) is 0 Å². The van der Waals surface area contributed by atoms with E-state index >= 15 is 0 Å². The van der Waals surface area contributed by atoms with Gasteiger partial charge in [0, 0.05) is 5.38 Å². The van der Waals surface area contributed by atoms with Gasteiger partial charge in [-0.1, -0.05) is 36.8 Å². The van der Waals surface area contributed by atoms with Gasteiger partial charge in [0.25, 0.3) is 5.19 Å². The van der Waals surface area contributed by atoms with Gasteiger partial charge in [0.15, 0.2) is 0 Å². The summed E-state index contributed by atoms with van der Waals surface area (Å²) in [6, 6.07) is 8.17. The molecule has 0 atom stereocenters. The van der Waals surface area contributed by atoms with Crippen molar-refractivity contribution in [2.24, 2.45) is 0 Å². The Morgan fingerprint density at radius 1 is 1.31 bits per heavy atom. The SMILES string of the molecule is CCCc1ccc(Oc2nc(Br)cs2)cc1. The third-order valence-corrected chi connectivity index (χ3v) is 3.55. The van der Waals surface area contributed by atoms with Gasteiger partial charge in [0.05, 0.1) is 0 Å². The van der Waals surface area contributed by atoms with Crippen molar-refractivity contribution < 1.29 is 4.74 Å². The van der Waals surface area contributed by atoms with Crippen LogP contribution in [0.25, 0.3) is 0 Å². The molecule has 0 unspecified atom stereocenters. The highest BCUT2D eigenvalue weighted by molar-refractivity contribution is 9.10. The summed E-state index contributed by atoms with van der Waals surface area (Å²) in [6.45, 7) is 2.18. The molecule has 1 aromatic carbocycles. The smallest absolute Gasteiger partial charge is 0.279 e. The molecule has 0 aliphatic heterocycles. The molecule has 2 aromatic rings. The maximum absolute atomic E-state index is 5.61. The fraction of sp³-hybridized carbons (Fsp3) is 0.250. The number of aromatic nitrogens is 1. The highest BCUT2D eigenvalue weighted by Gasteiger charge is 2.02. The predicted octanol–water partition coefficient (Wildman–Crippen LogP) is 4.65. The number of hydrogen-bond acceptors (Lipinski definition) is 3. The second-order valence-corrected chi connectivity index (χ2v) is 5.07. The number of rotatable bonds is 4. The van der Waals surface area contributed by atoms with Gasteiger partial charge < -0.3 is 4.74 Å². The van der Waals surface area contributed by atoms with Crippen LogP contribution < -0.4 is 4.74 Å². The molecule has 0 saturated carbocycles. The van der Waals surface area contributed by atoms with Crippen LogP contribution in [0, 0.1) is 0 Å². The quantitative estimate of drug-likeness (QED) is 0.819. The zero-order chi connectivity index (χ0) is 11.4. The van der Waals surface area contributed by atoms with E-state index in [2.05, 4.69) is 40.0 Å². The molecule has 16 heavy (non-hydrogen) atoms. The minimum Gasteiger partial charge on any atom is -0.431 e. The van der Waals surface area contributed by atoms with Crippen molar-refractivity contribution in [1.82, 2.24) is 4.98 Å². The predicted molar refractivity (Wildman–Crippen MR) is 70.3 cm³/mol. The van der Waals surface area contributed by atoms with Gasteiger partial charge in [-0.2, -0.15) is 4.98 Å². The van der Waals surface area contributed by atoms with E-state index < -0.39 is 0 Å². The molecule has 0 spiro atoms. The maximum atomic E-state index is 5.61. The zero-order valence-corrected chi connectivity index (χ0v) is 11.3. The lowest BCUT2D eigenvalue weighted by atomic mass is 10.1. The highest BCUT2D eigenvalue weighted by Crippen LogP contribution is 2.27. The highest BCUT2D eigenvalue weighted by atomic mass is 79.9. The lowest BCUT2D eigenvalue weighted by Gasteiger charge is -2.02. The summed E-state index contributed by atoms with van der Waals surface area (Å²) < 4.78 is 6.42. The molecular formula is C12H12BrNOS. The summed E-state index contributed by atoms with van der Waals surface area (Å²) in [5, 5.41) is 2.57. The standard InChI is InChI=1S/C12H12BrNOS/c1-2-3-9-4-6-10(7-5-9)15-12-14-11(13)8-16-12/h4-8H,2-3H2,1H3. The first-order valence-electron chi connectivity index (χ1n) is 5.15. The monoisotopic (exact) mass is 297 g/mol. The largest absolute Gasteiger partial charge is 0.431 e. The van der Waals surface area contributed by atoms with E-state index in [0.717, 1.165) is 16.8 Å². The van der Waals surface area contributed by atoms with Gasteiger partial charge in [0.1, 0.15) is 10.4 Å². The van der Waals surface area contributed by atoms with E-state index in [4.69, 9.17) is 4.74 Å². The Morgan fingerprint density at radius 3 is 2.62 bits per heavy atom. The Balaban J connectivity index is 2.05. The van der Waals surface area contributed by atoms with E-state index in [-0.39, 0.29) is 0 Å². The third-order valence-electron chi connectivity index (χ3n) is 2.12. The van der Waals surface area contributed by atoms with Gasteiger partial charge in [-0.05, 0) is 40.0 Å². The van der Waals surface area contributed by atoms with Crippen LogP contribution in [0.4, 0.5) is 0 Å². The third kappa shape index (κ3) is 3.06. The van der Waals surface area contributed by atoms with Crippen molar-refractivity contribution in [1.29, 1.82) is 0 Å². The zero-order valence-electron chi connectivity index (χ0n) is 8.94. The average Bonchev–Trinajstić information content (AvgIpc) is 2.67. The molecule has 0 radical (unpaired) electrons. The Labute approximate surface area is 107 Å². The number of halogens is 1. The molecule has 1 heterocycles.